The van der Waals surface area contributed by atoms with Gasteiger partial charge in [0.25, 0.3) is 0 Å². The summed E-state index contributed by atoms with van der Waals surface area (Å²) in [4.78, 5) is 6.92. The summed E-state index contributed by atoms with van der Waals surface area (Å²) >= 11 is 12.2. The van der Waals surface area contributed by atoms with Gasteiger partial charge in [-0.05, 0) is 56.0 Å². The molecule has 0 N–H and O–H groups in total. The first-order valence-electron chi connectivity index (χ1n) is 9.61. The zero-order chi connectivity index (χ0) is 20.8. The molecule has 0 bridgehead atoms. The average Bonchev–Trinajstić information content (AvgIpc) is 2.67. The van der Waals surface area contributed by atoms with Crippen molar-refractivity contribution in [3.05, 3.63) is 58.2 Å². The van der Waals surface area contributed by atoms with Gasteiger partial charge in [0.15, 0.2) is 0 Å². The number of halogens is 2. The molecule has 0 unspecified atom stereocenters. The molecule has 1 aliphatic rings. The third-order valence-electron chi connectivity index (χ3n) is 5.50. The number of pyridine rings is 1. The van der Waals surface area contributed by atoms with Crippen molar-refractivity contribution in [2.24, 2.45) is 5.92 Å². The maximum absolute atomic E-state index is 13.6. The topological polar surface area (TPSA) is 50.3 Å². The molecule has 2 heterocycles. The van der Waals surface area contributed by atoms with E-state index < -0.39 is 9.84 Å². The van der Waals surface area contributed by atoms with E-state index in [2.05, 4.69) is 16.8 Å². The van der Waals surface area contributed by atoms with E-state index in [-0.39, 0.29) is 19.8 Å². The van der Waals surface area contributed by atoms with Crippen LogP contribution < -0.4 is 4.90 Å². The predicted octanol–water partition coefficient (Wildman–Crippen LogP) is 5.92. The van der Waals surface area contributed by atoms with Gasteiger partial charge in [0, 0.05) is 34.7 Å². The number of hydrogen-bond donors (Lipinski definition) is 0. The van der Waals surface area contributed by atoms with E-state index in [4.69, 9.17) is 23.2 Å². The molecule has 1 aromatic heterocycles. The fourth-order valence-corrected chi connectivity index (χ4v) is 6.00. The van der Waals surface area contributed by atoms with Crippen LogP contribution in [0.1, 0.15) is 25.3 Å². The number of piperidine rings is 1. The van der Waals surface area contributed by atoms with Crippen LogP contribution in [0.2, 0.25) is 10.0 Å². The van der Waals surface area contributed by atoms with Crippen LogP contribution in [0.25, 0.3) is 10.9 Å². The van der Waals surface area contributed by atoms with Gasteiger partial charge in [-0.25, -0.2) is 8.42 Å². The summed E-state index contributed by atoms with van der Waals surface area (Å²) in [5, 5.41) is 1.43. The first-order valence-corrected chi connectivity index (χ1v) is 11.8. The van der Waals surface area contributed by atoms with Crippen LogP contribution in [0.5, 0.6) is 0 Å². The van der Waals surface area contributed by atoms with Crippen molar-refractivity contribution in [1.82, 2.24) is 4.98 Å². The van der Waals surface area contributed by atoms with E-state index >= 15 is 0 Å². The van der Waals surface area contributed by atoms with Crippen LogP contribution in [-0.4, -0.2) is 26.5 Å². The molecule has 1 aliphatic heterocycles. The number of benzene rings is 2. The van der Waals surface area contributed by atoms with Gasteiger partial charge in [0.05, 0.1) is 16.1 Å². The molecular formula is C22H22Cl2N2O2S. The van der Waals surface area contributed by atoms with Gasteiger partial charge in [-0.2, -0.15) is 0 Å². The van der Waals surface area contributed by atoms with E-state index in [1.165, 1.54) is 24.4 Å². The molecule has 1 saturated heterocycles. The number of hydrogen-bond acceptors (Lipinski definition) is 4. The Morgan fingerprint density at radius 3 is 2.34 bits per heavy atom. The van der Waals surface area contributed by atoms with Crippen LogP contribution >= 0.6 is 23.2 Å². The quantitative estimate of drug-likeness (QED) is 0.498. The van der Waals surface area contributed by atoms with E-state index in [9.17, 15) is 8.42 Å². The molecule has 3 aromatic rings. The number of sulfone groups is 1. The summed E-state index contributed by atoms with van der Waals surface area (Å²) in [7, 11) is -3.85. The third kappa shape index (κ3) is 3.96. The van der Waals surface area contributed by atoms with Crippen molar-refractivity contribution < 1.29 is 8.42 Å². The van der Waals surface area contributed by atoms with Crippen molar-refractivity contribution in [1.29, 1.82) is 0 Å². The van der Waals surface area contributed by atoms with Gasteiger partial charge in [0.1, 0.15) is 4.90 Å². The summed E-state index contributed by atoms with van der Waals surface area (Å²) in [6, 6.07) is 10.3. The number of aromatic nitrogens is 1. The van der Waals surface area contributed by atoms with E-state index in [0.717, 1.165) is 48.1 Å². The van der Waals surface area contributed by atoms with Gasteiger partial charge in [0.2, 0.25) is 9.84 Å². The van der Waals surface area contributed by atoms with Crippen molar-refractivity contribution >= 4 is 49.6 Å². The molecule has 0 atom stereocenters. The molecule has 4 nitrogen and oxygen atoms in total. The second-order valence-electron chi connectivity index (χ2n) is 7.77. The Morgan fingerprint density at radius 1 is 1.03 bits per heavy atom. The molecule has 152 valence electrons. The maximum Gasteiger partial charge on any atom is 0.210 e. The molecule has 29 heavy (non-hydrogen) atoms. The molecular weight excluding hydrogens is 427 g/mol. The molecule has 0 radical (unpaired) electrons. The van der Waals surface area contributed by atoms with Crippen molar-refractivity contribution in [3.8, 4) is 0 Å². The Labute approximate surface area is 181 Å². The van der Waals surface area contributed by atoms with Crippen LogP contribution in [0.4, 0.5) is 5.69 Å². The highest BCUT2D eigenvalue weighted by Gasteiger charge is 2.29. The summed E-state index contributed by atoms with van der Waals surface area (Å²) in [6.45, 7) is 5.86. The number of fused-ring (bicyclic) bond motifs is 1. The predicted molar refractivity (Wildman–Crippen MR) is 119 cm³/mol. The zero-order valence-corrected chi connectivity index (χ0v) is 18.7. The third-order valence-corrected chi connectivity index (χ3v) is 7.67. The maximum atomic E-state index is 13.6. The normalized spacial score (nSPS) is 15.8. The number of rotatable bonds is 3. The fraction of sp³-hybridized carbons (Fsp3) is 0.318. The minimum atomic E-state index is -3.85. The Balaban J connectivity index is 1.97. The fourth-order valence-electron chi connectivity index (χ4n) is 3.84. The van der Waals surface area contributed by atoms with Crippen LogP contribution in [0, 0.1) is 12.8 Å². The van der Waals surface area contributed by atoms with Gasteiger partial charge < -0.3 is 4.90 Å². The second-order valence-corrected chi connectivity index (χ2v) is 10.6. The summed E-state index contributed by atoms with van der Waals surface area (Å²) in [5.74, 6) is 0.632. The van der Waals surface area contributed by atoms with Crippen LogP contribution in [0.15, 0.2) is 52.4 Å². The Hall–Kier alpha value is -1.82. The molecule has 0 aliphatic carbocycles. The van der Waals surface area contributed by atoms with Crippen LogP contribution in [0.3, 0.4) is 0 Å². The van der Waals surface area contributed by atoms with Gasteiger partial charge >= 0.3 is 0 Å². The lowest BCUT2D eigenvalue weighted by Crippen LogP contribution is -2.34. The summed E-state index contributed by atoms with van der Waals surface area (Å²) < 4.78 is 27.2. The monoisotopic (exact) mass is 448 g/mol. The molecule has 1 fully saturated rings. The van der Waals surface area contributed by atoms with Gasteiger partial charge in [-0.15, -0.1) is 0 Å². The molecule has 2 aromatic carbocycles. The Kier molecular flexibility index (Phi) is 5.49. The SMILES string of the molecule is Cc1ccc2ncc(S(=O)(=O)c3cc(Cl)cc(Cl)c3)c(N3CCC(C)CC3)c2c1. The molecule has 7 heteroatoms. The summed E-state index contributed by atoms with van der Waals surface area (Å²) in [6.07, 6.45) is 3.52. The first-order chi connectivity index (χ1) is 13.8. The highest BCUT2D eigenvalue weighted by molar-refractivity contribution is 7.91. The van der Waals surface area contributed by atoms with E-state index in [0.29, 0.717) is 5.92 Å². The van der Waals surface area contributed by atoms with Gasteiger partial charge in [-0.3, -0.25) is 4.98 Å². The lowest BCUT2D eigenvalue weighted by molar-refractivity contribution is 0.437. The van der Waals surface area contributed by atoms with Crippen molar-refractivity contribution in [2.75, 3.05) is 18.0 Å². The lowest BCUT2D eigenvalue weighted by Gasteiger charge is -2.34. The summed E-state index contributed by atoms with van der Waals surface area (Å²) in [5.41, 5.74) is 2.57. The minimum Gasteiger partial charge on any atom is -0.370 e. The molecule has 0 spiro atoms. The van der Waals surface area contributed by atoms with E-state index in [1.54, 1.807) is 0 Å². The first kappa shape index (κ1) is 20.5. The number of anilines is 1. The van der Waals surface area contributed by atoms with Crippen molar-refractivity contribution in [2.45, 2.75) is 36.5 Å². The Morgan fingerprint density at radius 2 is 1.69 bits per heavy atom. The van der Waals surface area contributed by atoms with E-state index in [1.807, 2.05) is 25.1 Å². The second kappa shape index (κ2) is 7.78. The highest BCUT2D eigenvalue weighted by Crippen LogP contribution is 2.38. The molecule has 0 amide bonds. The highest BCUT2D eigenvalue weighted by atomic mass is 35.5. The molecule has 0 saturated carbocycles. The number of nitrogens with zero attached hydrogens (tertiary/aromatic N) is 2. The zero-order valence-electron chi connectivity index (χ0n) is 16.3. The van der Waals surface area contributed by atoms with Crippen LogP contribution in [-0.2, 0) is 9.84 Å². The van der Waals surface area contributed by atoms with Crippen molar-refractivity contribution in [3.63, 3.8) is 0 Å². The Bertz CT molecular complexity index is 1170. The van der Waals surface area contributed by atoms with Gasteiger partial charge in [-0.1, -0.05) is 41.8 Å². The standard InChI is InChI=1S/C22H22Cl2N2O2S/c1-14-5-7-26(8-6-14)22-19-9-15(2)3-4-20(19)25-13-21(22)29(27,28)18-11-16(23)10-17(24)12-18/h3-4,9-14H,5-8H2,1-2H3. The lowest BCUT2D eigenvalue weighted by atomic mass is 9.98. The smallest absolute Gasteiger partial charge is 0.210 e. The minimum absolute atomic E-state index is 0.0791. The average molecular weight is 449 g/mol. The molecule has 4 rings (SSSR count). The largest absolute Gasteiger partial charge is 0.370 e. The number of aryl methyl sites for hydroxylation is 1.